The summed E-state index contributed by atoms with van der Waals surface area (Å²) in [7, 11) is 0. The number of benzene rings is 2. The van der Waals surface area contributed by atoms with Gasteiger partial charge in [-0.15, -0.1) is 0 Å². The average molecular weight is 273 g/mol. The van der Waals surface area contributed by atoms with E-state index in [1.807, 2.05) is 30.3 Å². The fourth-order valence-corrected chi connectivity index (χ4v) is 2.33. The molecule has 0 aliphatic rings. The first-order valence-electron chi connectivity index (χ1n) is 5.77. The van der Waals surface area contributed by atoms with Crippen LogP contribution >= 0.6 is 0 Å². The highest BCUT2D eigenvalue weighted by atomic mass is 32.2. The molecule has 2 unspecified atom stereocenters. The molecule has 0 saturated carbocycles. The molecule has 2 atom stereocenters. The zero-order valence-electron chi connectivity index (χ0n) is 10.1. The summed E-state index contributed by atoms with van der Waals surface area (Å²) in [6.07, 6.45) is 3.36. The summed E-state index contributed by atoms with van der Waals surface area (Å²) >= 11 is -2.28. The first-order chi connectivity index (χ1) is 9.16. The van der Waals surface area contributed by atoms with E-state index in [9.17, 15) is 13.9 Å². The van der Waals surface area contributed by atoms with Crippen LogP contribution in [0.5, 0.6) is 5.75 Å². The number of hydrogen-bond acceptors (Lipinski definition) is 3. The van der Waals surface area contributed by atoms with Crippen LogP contribution in [0.1, 0.15) is 16.4 Å². The quantitative estimate of drug-likeness (QED) is 0.871. The largest absolute Gasteiger partial charge is 0.772 e. The van der Waals surface area contributed by atoms with Crippen LogP contribution in [0.4, 0.5) is 0 Å². The van der Waals surface area contributed by atoms with E-state index in [2.05, 4.69) is 0 Å². The van der Waals surface area contributed by atoms with E-state index in [0.29, 0.717) is 5.56 Å². The maximum Gasteiger partial charge on any atom is 0.115 e. The summed E-state index contributed by atoms with van der Waals surface area (Å²) in [6.45, 7) is 0. The molecule has 0 aliphatic carbocycles. The van der Waals surface area contributed by atoms with Crippen molar-refractivity contribution in [2.45, 2.75) is 5.25 Å². The molecule has 98 valence electrons. The first kappa shape index (κ1) is 13.5. The summed E-state index contributed by atoms with van der Waals surface area (Å²) < 4.78 is 22.6. The highest BCUT2D eigenvalue weighted by Gasteiger charge is 2.09. The van der Waals surface area contributed by atoms with Gasteiger partial charge < -0.3 is 9.66 Å². The van der Waals surface area contributed by atoms with Gasteiger partial charge in [0.1, 0.15) is 5.75 Å². The standard InChI is InChI=1S/C15H14O3S/c16-14-8-4-7-13(11-14)15(19(17)18)10-9-12-5-2-1-3-6-12/h1-11,15-16H,(H,17,18)/p-1. The fraction of sp³-hybridized carbons (Fsp3) is 0.0667. The lowest BCUT2D eigenvalue weighted by atomic mass is 10.1. The molecular weight excluding hydrogens is 260 g/mol. The van der Waals surface area contributed by atoms with Gasteiger partial charge in [-0.25, -0.2) is 0 Å². The molecule has 2 aromatic rings. The van der Waals surface area contributed by atoms with Crippen LogP contribution in [-0.4, -0.2) is 13.9 Å². The summed E-state index contributed by atoms with van der Waals surface area (Å²) in [5.74, 6) is 0.0565. The predicted octanol–water partition coefficient (Wildman–Crippen LogP) is 3.03. The first-order valence-corrected chi connectivity index (χ1v) is 6.91. The summed E-state index contributed by atoms with van der Waals surface area (Å²) in [6, 6.07) is 15.7. The zero-order valence-corrected chi connectivity index (χ0v) is 10.9. The second kappa shape index (κ2) is 6.31. The Bertz CT molecular complexity index is 593. The zero-order chi connectivity index (χ0) is 13.7. The molecular formula is C15H13O3S-. The molecule has 0 amide bonds. The molecule has 2 aromatic carbocycles. The van der Waals surface area contributed by atoms with Crippen LogP contribution in [0, 0.1) is 0 Å². The number of hydrogen-bond donors (Lipinski definition) is 1. The number of aromatic hydroxyl groups is 1. The fourth-order valence-electron chi connectivity index (χ4n) is 1.75. The van der Waals surface area contributed by atoms with Gasteiger partial charge >= 0.3 is 0 Å². The van der Waals surface area contributed by atoms with Crippen molar-refractivity contribution >= 4 is 17.2 Å². The van der Waals surface area contributed by atoms with Crippen LogP contribution in [0.15, 0.2) is 60.7 Å². The van der Waals surface area contributed by atoms with Crippen molar-refractivity contribution in [2.75, 3.05) is 0 Å². The van der Waals surface area contributed by atoms with E-state index in [1.165, 1.54) is 12.1 Å². The van der Waals surface area contributed by atoms with Gasteiger partial charge in [0.15, 0.2) is 0 Å². The third-order valence-corrected chi connectivity index (χ3v) is 3.51. The molecule has 2 rings (SSSR count). The molecule has 0 fully saturated rings. The number of phenolic OH excluding ortho intramolecular Hbond substituents is 1. The van der Waals surface area contributed by atoms with E-state index in [4.69, 9.17) is 0 Å². The topological polar surface area (TPSA) is 60.4 Å². The Morgan fingerprint density at radius 2 is 1.84 bits per heavy atom. The van der Waals surface area contributed by atoms with Crippen molar-refractivity contribution < 1.29 is 13.9 Å². The van der Waals surface area contributed by atoms with Crippen LogP contribution in [0.3, 0.4) is 0 Å². The SMILES string of the molecule is O=S([O-])C(C=Cc1ccccc1)c1cccc(O)c1. The lowest BCUT2D eigenvalue weighted by molar-refractivity contribution is 0.474. The van der Waals surface area contributed by atoms with Crippen LogP contribution in [-0.2, 0) is 11.1 Å². The van der Waals surface area contributed by atoms with Crippen molar-refractivity contribution in [3.8, 4) is 5.75 Å². The minimum Gasteiger partial charge on any atom is -0.772 e. The molecule has 0 spiro atoms. The van der Waals surface area contributed by atoms with Gasteiger partial charge in [0.05, 0.1) is 5.25 Å². The Labute approximate surface area is 114 Å². The molecule has 4 heteroatoms. The normalized spacial score (nSPS) is 14.4. The molecule has 3 nitrogen and oxygen atoms in total. The molecule has 0 aromatic heterocycles. The Morgan fingerprint density at radius 3 is 2.47 bits per heavy atom. The van der Waals surface area contributed by atoms with Crippen molar-refractivity contribution in [1.82, 2.24) is 0 Å². The Morgan fingerprint density at radius 1 is 1.11 bits per heavy atom. The maximum atomic E-state index is 11.3. The molecule has 0 aliphatic heterocycles. The van der Waals surface area contributed by atoms with Gasteiger partial charge in [-0.2, -0.15) is 0 Å². The van der Waals surface area contributed by atoms with Gasteiger partial charge in [0, 0.05) is 0 Å². The Hall–Kier alpha value is -1.91. The van der Waals surface area contributed by atoms with E-state index in [1.54, 1.807) is 24.3 Å². The summed E-state index contributed by atoms with van der Waals surface area (Å²) in [5, 5.41) is 8.63. The monoisotopic (exact) mass is 273 g/mol. The second-order valence-corrected chi connectivity index (χ2v) is 5.07. The van der Waals surface area contributed by atoms with Crippen LogP contribution in [0.2, 0.25) is 0 Å². The van der Waals surface area contributed by atoms with Gasteiger partial charge in [-0.3, -0.25) is 4.21 Å². The second-order valence-electron chi connectivity index (χ2n) is 4.05. The highest BCUT2D eigenvalue weighted by molar-refractivity contribution is 7.79. The van der Waals surface area contributed by atoms with Crippen molar-refractivity contribution in [3.63, 3.8) is 0 Å². The number of rotatable bonds is 4. The van der Waals surface area contributed by atoms with E-state index >= 15 is 0 Å². The van der Waals surface area contributed by atoms with Gasteiger partial charge in [-0.1, -0.05) is 54.6 Å². The molecule has 0 saturated heterocycles. The number of phenols is 1. The molecule has 0 heterocycles. The average Bonchev–Trinajstić information content (AvgIpc) is 2.40. The Balaban J connectivity index is 2.27. The van der Waals surface area contributed by atoms with Crippen molar-refractivity contribution in [3.05, 3.63) is 71.8 Å². The predicted molar refractivity (Wildman–Crippen MR) is 75.2 cm³/mol. The summed E-state index contributed by atoms with van der Waals surface area (Å²) in [4.78, 5) is 0. The van der Waals surface area contributed by atoms with Gasteiger partial charge in [-0.05, 0) is 34.3 Å². The molecule has 19 heavy (non-hydrogen) atoms. The maximum absolute atomic E-state index is 11.3. The van der Waals surface area contributed by atoms with E-state index < -0.39 is 16.3 Å². The summed E-state index contributed by atoms with van der Waals surface area (Å²) in [5.41, 5.74) is 1.47. The van der Waals surface area contributed by atoms with E-state index in [0.717, 1.165) is 5.56 Å². The van der Waals surface area contributed by atoms with Gasteiger partial charge in [0.2, 0.25) is 0 Å². The van der Waals surface area contributed by atoms with Crippen molar-refractivity contribution in [2.24, 2.45) is 0 Å². The minimum atomic E-state index is -2.28. The third-order valence-electron chi connectivity index (χ3n) is 2.67. The van der Waals surface area contributed by atoms with Crippen LogP contribution in [0.25, 0.3) is 6.08 Å². The molecule has 0 bridgehead atoms. The molecule has 0 radical (unpaired) electrons. The van der Waals surface area contributed by atoms with Gasteiger partial charge in [0.25, 0.3) is 0 Å². The van der Waals surface area contributed by atoms with E-state index in [-0.39, 0.29) is 5.75 Å². The Kier molecular flexibility index (Phi) is 4.49. The minimum absolute atomic E-state index is 0.0565. The highest BCUT2D eigenvalue weighted by Crippen LogP contribution is 2.24. The lowest BCUT2D eigenvalue weighted by Crippen LogP contribution is -2.02. The third kappa shape index (κ3) is 3.77. The molecule has 1 N–H and O–H groups in total. The van der Waals surface area contributed by atoms with Crippen LogP contribution < -0.4 is 0 Å². The smallest absolute Gasteiger partial charge is 0.115 e. The van der Waals surface area contributed by atoms with Crippen molar-refractivity contribution in [1.29, 1.82) is 0 Å². The lowest BCUT2D eigenvalue weighted by Gasteiger charge is -2.16.